The number of benzene rings is 1. The molecule has 0 radical (unpaired) electrons. The number of aromatic nitrogens is 2. The first kappa shape index (κ1) is 12.0. The third-order valence-corrected chi connectivity index (χ3v) is 2.32. The van der Waals surface area contributed by atoms with E-state index >= 15 is 0 Å². The van der Waals surface area contributed by atoms with Gasteiger partial charge in [-0.15, -0.1) is 0 Å². The quantitative estimate of drug-likeness (QED) is 0.859. The molecular formula is C12H10FN3O2. The maximum absolute atomic E-state index is 13.6. The van der Waals surface area contributed by atoms with Crippen LogP contribution in [-0.2, 0) is 11.3 Å². The number of halogens is 1. The van der Waals surface area contributed by atoms with Gasteiger partial charge in [-0.1, -0.05) is 12.1 Å². The minimum Gasteiger partial charge on any atom is -0.368 e. The second-order valence-electron chi connectivity index (χ2n) is 3.66. The van der Waals surface area contributed by atoms with E-state index in [1.165, 1.54) is 24.3 Å². The van der Waals surface area contributed by atoms with Crippen LogP contribution in [0.1, 0.15) is 0 Å². The molecule has 0 atom stereocenters. The molecule has 1 aromatic carbocycles. The van der Waals surface area contributed by atoms with Crippen molar-refractivity contribution in [2.75, 3.05) is 0 Å². The van der Waals surface area contributed by atoms with E-state index in [1.807, 2.05) is 0 Å². The van der Waals surface area contributed by atoms with Crippen molar-refractivity contribution in [2.24, 2.45) is 5.73 Å². The highest BCUT2D eigenvalue weighted by Gasteiger charge is 2.08. The Balaban J connectivity index is 2.51. The van der Waals surface area contributed by atoms with Gasteiger partial charge in [0.25, 0.3) is 5.56 Å². The molecule has 1 amide bonds. The lowest BCUT2D eigenvalue weighted by Crippen LogP contribution is -2.29. The first-order valence-corrected chi connectivity index (χ1v) is 5.19. The van der Waals surface area contributed by atoms with Crippen LogP contribution in [0.2, 0.25) is 0 Å². The average molecular weight is 247 g/mol. The lowest BCUT2D eigenvalue weighted by atomic mass is 10.1. The number of primary amides is 1. The topological polar surface area (TPSA) is 78.0 Å². The second-order valence-corrected chi connectivity index (χ2v) is 3.66. The summed E-state index contributed by atoms with van der Waals surface area (Å²) in [5, 5.41) is 3.91. The fraction of sp³-hybridized carbons (Fsp3) is 0.0833. The summed E-state index contributed by atoms with van der Waals surface area (Å²) in [7, 11) is 0. The predicted octanol–water partition coefficient (Wildman–Crippen LogP) is 0.535. The third kappa shape index (κ3) is 2.42. The molecule has 2 aromatic rings. The fourth-order valence-electron chi connectivity index (χ4n) is 1.52. The third-order valence-electron chi connectivity index (χ3n) is 2.32. The van der Waals surface area contributed by atoms with Gasteiger partial charge < -0.3 is 5.73 Å². The number of nitrogens with two attached hydrogens (primary N) is 1. The van der Waals surface area contributed by atoms with Crippen LogP contribution in [0.15, 0.2) is 41.2 Å². The largest absolute Gasteiger partial charge is 0.368 e. The van der Waals surface area contributed by atoms with Crippen LogP contribution < -0.4 is 11.3 Å². The molecule has 1 aromatic heterocycles. The molecule has 92 valence electrons. The zero-order valence-electron chi connectivity index (χ0n) is 9.34. The average Bonchev–Trinajstić information content (AvgIpc) is 2.32. The number of carbonyl (C=O) groups is 1. The Labute approximate surface area is 102 Å². The summed E-state index contributed by atoms with van der Waals surface area (Å²) in [5.41, 5.74) is 5.07. The van der Waals surface area contributed by atoms with Crippen molar-refractivity contribution < 1.29 is 9.18 Å². The molecule has 0 unspecified atom stereocenters. The molecule has 0 bridgehead atoms. The Morgan fingerprint density at radius 3 is 2.67 bits per heavy atom. The molecule has 5 nitrogen and oxygen atoms in total. The maximum atomic E-state index is 13.6. The molecule has 0 spiro atoms. The van der Waals surface area contributed by atoms with E-state index in [1.54, 1.807) is 12.1 Å². The highest BCUT2D eigenvalue weighted by molar-refractivity contribution is 5.73. The van der Waals surface area contributed by atoms with Gasteiger partial charge >= 0.3 is 0 Å². The minimum absolute atomic E-state index is 0.260. The van der Waals surface area contributed by atoms with Gasteiger partial charge in [0.15, 0.2) is 0 Å². The number of carbonyl (C=O) groups excluding carboxylic acids is 1. The van der Waals surface area contributed by atoms with Gasteiger partial charge in [0.2, 0.25) is 5.91 Å². The van der Waals surface area contributed by atoms with Crippen LogP contribution in [0.25, 0.3) is 11.3 Å². The smallest absolute Gasteiger partial charge is 0.267 e. The zero-order chi connectivity index (χ0) is 13.1. The summed E-state index contributed by atoms with van der Waals surface area (Å²) in [4.78, 5) is 22.2. The minimum atomic E-state index is -0.685. The molecule has 6 heteroatoms. The summed E-state index contributed by atoms with van der Waals surface area (Å²) >= 11 is 0. The van der Waals surface area contributed by atoms with E-state index in [2.05, 4.69) is 5.10 Å². The van der Waals surface area contributed by atoms with Gasteiger partial charge in [-0.05, 0) is 18.2 Å². The van der Waals surface area contributed by atoms with Crippen LogP contribution >= 0.6 is 0 Å². The molecule has 2 N–H and O–H groups in total. The number of nitrogens with zero attached hydrogens (tertiary/aromatic N) is 2. The normalized spacial score (nSPS) is 10.3. The molecule has 0 aliphatic carbocycles. The zero-order valence-corrected chi connectivity index (χ0v) is 9.34. The molecular weight excluding hydrogens is 237 g/mol. The fourth-order valence-corrected chi connectivity index (χ4v) is 1.52. The van der Waals surface area contributed by atoms with E-state index in [0.717, 1.165) is 4.68 Å². The summed E-state index contributed by atoms with van der Waals surface area (Å²) in [5.74, 6) is -1.13. The van der Waals surface area contributed by atoms with Crippen molar-refractivity contribution in [3.63, 3.8) is 0 Å². The predicted molar refractivity (Wildman–Crippen MR) is 63.1 cm³/mol. The number of hydrogen-bond acceptors (Lipinski definition) is 3. The highest BCUT2D eigenvalue weighted by atomic mass is 19.1. The molecule has 0 aliphatic rings. The number of hydrogen-bond donors (Lipinski definition) is 1. The Kier molecular flexibility index (Phi) is 3.18. The molecule has 2 rings (SSSR count). The lowest BCUT2D eigenvalue weighted by molar-refractivity contribution is -0.118. The Bertz CT molecular complexity index is 652. The van der Waals surface area contributed by atoms with Crippen molar-refractivity contribution in [3.05, 3.63) is 52.6 Å². The summed E-state index contributed by atoms with van der Waals surface area (Å²) in [6.45, 7) is -0.332. The Morgan fingerprint density at radius 1 is 1.28 bits per heavy atom. The summed E-state index contributed by atoms with van der Waals surface area (Å²) in [6.07, 6.45) is 0. The number of amides is 1. The summed E-state index contributed by atoms with van der Waals surface area (Å²) < 4.78 is 14.5. The molecule has 0 saturated heterocycles. The van der Waals surface area contributed by atoms with Gasteiger partial charge in [-0.2, -0.15) is 5.10 Å². The first-order valence-electron chi connectivity index (χ1n) is 5.19. The van der Waals surface area contributed by atoms with Gasteiger partial charge in [0, 0.05) is 11.6 Å². The standard InChI is InChI=1S/C12H10FN3O2/c13-9-4-2-1-3-8(9)10-5-6-12(18)16(15-10)7-11(14)17/h1-6H,7H2,(H2,14,17). The van der Waals surface area contributed by atoms with Gasteiger partial charge in [0.05, 0.1) is 5.69 Å². The Morgan fingerprint density at radius 2 is 2.00 bits per heavy atom. The van der Waals surface area contributed by atoms with Gasteiger partial charge in [0.1, 0.15) is 12.4 Å². The summed E-state index contributed by atoms with van der Waals surface area (Å²) in [6, 6.07) is 8.66. The van der Waals surface area contributed by atoms with Gasteiger partial charge in [-0.25, -0.2) is 9.07 Å². The molecule has 0 fully saturated rings. The maximum Gasteiger partial charge on any atom is 0.267 e. The van der Waals surface area contributed by atoms with E-state index in [9.17, 15) is 14.0 Å². The SMILES string of the molecule is NC(=O)Cn1nc(-c2ccccc2F)ccc1=O. The van der Waals surface area contributed by atoms with Crippen LogP contribution in [0.3, 0.4) is 0 Å². The van der Waals surface area contributed by atoms with Crippen LogP contribution in [0.5, 0.6) is 0 Å². The monoisotopic (exact) mass is 247 g/mol. The van der Waals surface area contributed by atoms with Crippen molar-refractivity contribution in [1.29, 1.82) is 0 Å². The van der Waals surface area contributed by atoms with Crippen molar-refractivity contribution >= 4 is 5.91 Å². The molecule has 18 heavy (non-hydrogen) atoms. The van der Waals surface area contributed by atoms with E-state index in [0.29, 0.717) is 0 Å². The molecule has 0 aliphatic heterocycles. The number of rotatable bonds is 3. The van der Waals surface area contributed by atoms with Crippen molar-refractivity contribution in [2.45, 2.75) is 6.54 Å². The molecule has 1 heterocycles. The van der Waals surface area contributed by atoms with E-state index in [-0.39, 0.29) is 17.8 Å². The van der Waals surface area contributed by atoms with Crippen molar-refractivity contribution in [1.82, 2.24) is 9.78 Å². The second kappa shape index (κ2) is 4.79. The van der Waals surface area contributed by atoms with Crippen LogP contribution in [0, 0.1) is 5.82 Å². The van der Waals surface area contributed by atoms with Crippen molar-refractivity contribution in [3.8, 4) is 11.3 Å². The van der Waals surface area contributed by atoms with Crippen LogP contribution in [-0.4, -0.2) is 15.7 Å². The Hall–Kier alpha value is -2.50. The first-order chi connectivity index (χ1) is 8.58. The highest BCUT2D eigenvalue weighted by Crippen LogP contribution is 2.18. The lowest BCUT2D eigenvalue weighted by Gasteiger charge is -2.05. The van der Waals surface area contributed by atoms with Crippen LogP contribution in [0.4, 0.5) is 4.39 Å². The molecule has 0 saturated carbocycles. The van der Waals surface area contributed by atoms with Gasteiger partial charge in [-0.3, -0.25) is 9.59 Å². The van der Waals surface area contributed by atoms with E-state index in [4.69, 9.17) is 5.73 Å². The van der Waals surface area contributed by atoms with E-state index < -0.39 is 17.3 Å².